The molecule has 0 saturated heterocycles. The zero-order chi connectivity index (χ0) is 20.0. The Morgan fingerprint density at radius 1 is 0.407 bits per heavy atom. The zero-order valence-corrected chi connectivity index (χ0v) is 24.0. The van der Waals surface area contributed by atoms with Gasteiger partial charge in [-0.2, -0.15) is 0 Å². The van der Waals surface area contributed by atoms with E-state index in [1.807, 2.05) is 0 Å². The van der Waals surface area contributed by atoms with Gasteiger partial charge in [0, 0.05) is 0 Å². The van der Waals surface area contributed by atoms with Crippen molar-refractivity contribution in [2.45, 2.75) is 163 Å². The Morgan fingerprint density at radius 2 is 0.667 bits per heavy atom. The molecular weight excluding hydrogens is 425 g/mol. The molecule has 0 aliphatic carbocycles. The Bertz CT molecular complexity index is 237. The zero-order valence-electron chi connectivity index (χ0n) is 20.0. The van der Waals surface area contributed by atoms with Crippen molar-refractivity contribution in [3.05, 3.63) is 0 Å². The van der Waals surface area contributed by atoms with Crippen molar-refractivity contribution < 1.29 is 24.2 Å². The Labute approximate surface area is 186 Å². The monoisotopic (exact) mass is 480 g/mol. The third-order valence-corrected chi connectivity index (χ3v) is 13.3. The van der Waals surface area contributed by atoms with Gasteiger partial charge in [-0.15, -0.1) is 0 Å². The molecule has 1 heteroatoms. The van der Waals surface area contributed by atoms with E-state index < -0.39 is 24.2 Å². The molecule has 0 radical (unpaired) electrons. The van der Waals surface area contributed by atoms with E-state index in [2.05, 4.69) is 27.7 Å². The van der Waals surface area contributed by atoms with Crippen LogP contribution in [0.4, 0.5) is 0 Å². The molecule has 0 amide bonds. The molecule has 0 aromatic heterocycles. The molecule has 2 unspecified atom stereocenters. The average molecular weight is 479 g/mol. The standard InChI is InChI=1S/2C13H27.Cd/c2*1-3-5-7-9-11-13-12-10-8-6-4-2;/h2*3H,4-13H2,1-2H3;. The van der Waals surface area contributed by atoms with E-state index in [1.165, 1.54) is 116 Å². The minimum absolute atomic E-state index is 0.519. The van der Waals surface area contributed by atoms with Crippen LogP contribution in [0.15, 0.2) is 0 Å². The third kappa shape index (κ3) is 23.1. The molecule has 0 aromatic carbocycles. The first-order chi connectivity index (χ1) is 13.2. The van der Waals surface area contributed by atoms with Crippen molar-refractivity contribution in [1.29, 1.82) is 0 Å². The summed E-state index contributed by atoms with van der Waals surface area (Å²) in [5, 5.41) is 0. The Morgan fingerprint density at radius 3 is 0.963 bits per heavy atom. The van der Waals surface area contributed by atoms with Crippen LogP contribution in [0.2, 0.25) is 6.95 Å². The van der Waals surface area contributed by atoms with Crippen molar-refractivity contribution >= 4 is 0 Å². The third-order valence-electron chi connectivity index (χ3n) is 6.41. The van der Waals surface area contributed by atoms with Crippen LogP contribution < -0.4 is 0 Å². The molecule has 0 bridgehead atoms. The van der Waals surface area contributed by atoms with Crippen molar-refractivity contribution in [2.24, 2.45) is 0 Å². The summed E-state index contributed by atoms with van der Waals surface area (Å²) in [5.41, 5.74) is 0. The van der Waals surface area contributed by atoms with Crippen molar-refractivity contribution in [3.8, 4) is 0 Å². The molecule has 0 N–H and O–H groups in total. The summed E-state index contributed by atoms with van der Waals surface area (Å²) >= 11 is -0.519. The van der Waals surface area contributed by atoms with Gasteiger partial charge in [-0.1, -0.05) is 0 Å². The number of hydrogen-bond donors (Lipinski definition) is 0. The quantitative estimate of drug-likeness (QED) is 0.107. The van der Waals surface area contributed by atoms with Gasteiger partial charge in [0.15, 0.2) is 0 Å². The minimum atomic E-state index is -0.519. The van der Waals surface area contributed by atoms with E-state index in [4.69, 9.17) is 0 Å². The van der Waals surface area contributed by atoms with Crippen LogP contribution in [0.25, 0.3) is 0 Å². The van der Waals surface area contributed by atoms with Gasteiger partial charge in [0.1, 0.15) is 0 Å². The SMILES string of the molecule is CCCCCCCCCCC[CH](C)[Cd][CH](C)CCCCCCCCCCC. The fraction of sp³-hybridized carbons (Fsp3) is 1.00. The molecule has 2 atom stereocenters. The number of rotatable bonds is 22. The van der Waals surface area contributed by atoms with Crippen molar-refractivity contribution in [1.82, 2.24) is 0 Å². The van der Waals surface area contributed by atoms with Crippen LogP contribution in [0.3, 0.4) is 0 Å². The molecule has 0 spiro atoms. The van der Waals surface area contributed by atoms with Crippen molar-refractivity contribution in [3.63, 3.8) is 0 Å². The summed E-state index contributed by atoms with van der Waals surface area (Å²) < 4.78 is 2.31. The van der Waals surface area contributed by atoms with E-state index >= 15 is 0 Å². The van der Waals surface area contributed by atoms with Gasteiger partial charge in [-0.05, 0) is 0 Å². The molecule has 0 nitrogen and oxygen atoms in total. The maximum atomic E-state index is 2.59. The molecular formula is C26H54Cd. The first kappa shape index (κ1) is 27.9. The second kappa shape index (κ2) is 23.2. The summed E-state index contributed by atoms with van der Waals surface area (Å²) in [4.78, 5) is 0. The van der Waals surface area contributed by atoms with E-state index in [1.54, 1.807) is 12.8 Å². The van der Waals surface area contributed by atoms with E-state index in [-0.39, 0.29) is 0 Å². The average Bonchev–Trinajstić information content (AvgIpc) is 2.65. The maximum absolute atomic E-state index is 2.59. The predicted molar refractivity (Wildman–Crippen MR) is 123 cm³/mol. The second-order valence-corrected chi connectivity index (χ2v) is 19.0. The molecule has 27 heavy (non-hydrogen) atoms. The van der Waals surface area contributed by atoms with Crippen LogP contribution in [-0.4, -0.2) is 0 Å². The first-order valence-electron chi connectivity index (χ1n) is 13.2. The van der Waals surface area contributed by atoms with E-state index in [0.717, 1.165) is 6.95 Å². The van der Waals surface area contributed by atoms with E-state index in [9.17, 15) is 0 Å². The molecule has 0 fully saturated rings. The Hall–Kier alpha value is 0.922. The normalized spacial score (nSPS) is 13.5. The molecule has 0 aromatic rings. The van der Waals surface area contributed by atoms with Gasteiger partial charge in [0.25, 0.3) is 0 Å². The van der Waals surface area contributed by atoms with Gasteiger partial charge < -0.3 is 0 Å². The van der Waals surface area contributed by atoms with Crippen molar-refractivity contribution in [2.75, 3.05) is 0 Å². The van der Waals surface area contributed by atoms with Crippen LogP contribution in [0.5, 0.6) is 0 Å². The number of hydrogen-bond acceptors (Lipinski definition) is 0. The van der Waals surface area contributed by atoms with Gasteiger partial charge in [-0.3, -0.25) is 0 Å². The molecule has 0 saturated carbocycles. The molecule has 0 aliphatic heterocycles. The number of unbranched alkanes of at least 4 members (excludes halogenated alkanes) is 16. The van der Waals surface area contributed by atoms with Gasteiger partial charge in [0.05, 0.1) is 0 Å². The van der Waals surface area contributed by atoms with Crippen LogP contribution >= 0.6 is 0 Å². The molecule has 0 aliphatic rings. The van der Waals surface area contributed by atoms with Gasteiger partial charge in [-0.25, -0.2) is 0 Å². The topological polar surface area (TPSA) is 0 Å². The Kier molecular flexibility index (Phi) is 24.0. The van der Waals surface area contributed by atoms with Crippen LogP contribution in [0, 0.1) is 0 Å². The molecule has 0 heterocycles. The second-order valence-electron chi connectivity index (χ2n) is 9.68. The van der Waals surface area contributed by atoms with E-state index in [0.29, 0.717) is 0 Å². The van der Waals surface area contributed by atoms with Gasteiger partial charge in [0.2, 0.25) is 0 Å². The first-order valence-corrected chi connectivity index (χ1v) is 17.9. The summed E-state index contributed by atoms with van der Waals surface area (Å²) in [6, 6.07) is 0. The fourth-order valence-electron chi connectivity index (χ4n) is 4.53. The fourth-order valence-corrected chi connectivity index (χ4v) is 11.4. The van der Waals surface area contributed by atoms with Gasteiger partial charge >= 0.3 is 187 Å². The summed E-state index contributed by atoms with van der Waals surface area (Å²) in [7, 11) is 0. The van der Waals surface area contributed by atoms with Crippen LogP contribution in [0.1, 0.15) is 156 Å². The predicted octanol–water partition coefficient (Wildman–Crippen LogP) is 10.5. The molecule has 0 rings (SSSR count). The summed E-state index contributed by atoms with van der Waals surface area (Å²) in [6.07, 6.45) is 29.7. The molecule has 160 valence electrons. The Balaban J connectivity index is 3.30. The summed E-state index contributed by atoms with van der Waals surface area (Å²) in [5.74, 6) is 0. The summed E-state index contributed by atoms with van der Waals surface area (Å²) in [6.45, 7) is 9.80. The van der Waals surface area contributed by atoms with Crippen LogP contribution in [-0.2, 0) is 24.2 Å².